The Hall–Kier alpha value is -1.24. The maximum absolute atomic E-state index is 12.3. The zero-order valence-corrected chi connectivity index (χ0v) is 13.4. The highest BCUT2D eigenvalue weighted by Crippen LogP contribution is 2.36. The van der Waals surface area contributed by atoms with Crippen molar-refractivity contribution >= 4 is 17.7 Å². The normalized spacial score (nSPS) is 26.1. The van der Waals surface area contributed by atoms with E-state index in [1.165, 1.54) is 18.2 Å². The first-order valence-electron chi connectivity index (χ1n) is 7.62. The van der Waals surface area contributed by atoms with Crippen molar-refractivity contribution in [3.05, 3.63) is 10.5 Å². The van der Waals surface area contributed by atoms with Crippen LogP contribution in [0.25, 0.3) is 0 Å². The molecule has 2 atom stereocenters. The average Bonchev–Trinajstić information content (AvgIpc) is 3.19. The van der Waals surface area contributed by atoms with E-state index in [1.54, 1.807) is 4.57 Å². The van der Waals surface area contributed by atoms with Crippen LogP contribution in [0.1, 0.15) is 39.2 Å². The number of carbonyl (C=O) groups is 1. The molecule has 21 heavy (non-hydrogen) atoms. The van der Waals surface area contributed by atoms with Crippen molar-refractivity contribution in [2.75, 3.05) is 18.8 Å². The third-order valence-corrected chi connectivity index (χ3v) is 5.07. The van der Waals surface area contributed by atoms with Gasteiger partial charge in [0, 0.05) is 19.1 Å². The van der Waals surface area contributed by atoms with Crippen molar-refractivity contribution in [3.8, 4) is 0 Å². The number of rotatable bonds is 4. The minimum absolute atomic E-state index is 0.149. The van der Waals surface area contributed by atoms with Crippen LogP contribution in [-0.4, -0.2) is 44.4 Å². The molecule has 0 radical (unpaired) electrons. The van der Waals surface area contributed by atoms with Gasteiger partial charge in [0.2, 0.25) is 5.91 Å². The number of aromatic amines is 1. The molecule has 1 saturated heterocycles. The lowest BCUT2D eigenvalue weighted by Crippen LogP contribution is -2.43. The standard InChI is InChI=1S/C14H22N4O2S/c1-9-5-10(2)7-17(6-9)12(19)8-21-14-16-15-13(20)18(14)11-3-4-11/h9-11H,3-8H2,1-2H3,(H,15,20)/t9-,10-/m0/s1. The summed E-state index contributed by atoms with van der Waals surface area (Å²) in [4.78, 5) is 26.0. The molecular weight excluding hydrogens is 288 g/mol. The second-order valence-electron chi connectivity index (χ2n) is 6.45. The van der Waals surface area contributed by atoms with Crippen LogP contribution in [0.3, 0.4) is 0 Å². The fourth-order valence-electron chi connectivity index (χ4n) is 3.13. The summed E-state index contributed by atoms with van der Waals surface area (Å²) in [5.41, 5.74) is -0.160. The molecule has 2 aliphatic rings. The number of carbonyl (C=O) groups excluding carboxylic acids is 1. The topological polar surface area (TPSA) is 71.0 Å². The molecule has 6 nitrogen and oxygen atoms in total. The Labute approximate surface area is 128 Å². The van der Waals surface area contributed by atoms with Crippen LogP contribution in [-0.2, 0) is 4.79 Å². The van der Waals surface area contributed by atoms with Gasteiger partial charge in [0.25, 0.3) is 0 Å². The zero-order chi connectivity index (χ0) is 15.0. The lowest BCUT2D eigenvalue weighted by molar-refractivity contribution is -0.130. The van der Waals surface area contributed by atoms with Crippen LogP contribution in [0.5, 0.6) is 0 Å². The lowest BCUT2D eigenvalue weighted by Gasteiger charge is -2.34. The number of hydrogen-bond acceptors (Lipinski definition) is 4. The number of H-pyrrole nitrogens is 1. The molecule has 3 rings (SSSR count). The summed E-state index contributed by atoms with van der Waals surface area (Å²) in [6, 6.07) is 0.281. The summed E-state index contributed by atoms with van der Waals surface area (Å²) in [5.74, 6) is 1.64. The van der Waals surface area contributed by atoms with Crippen LogP contribution >= 0.6 is 11.8 Å². The molecule has 0 spiro atoms. The highest BCUT2D eigenvalue weighted by molar-refractivity contribution is 7.99. The van der Waals surface area contributed by atoms with Crippen LogP contribution in [0.15, 0.2) is 9.95 Å². The highest BCUT2D eigenvalue weighted by atomic mass is 32.2. The summed E-state index contributed by atoms with van der Waals surface area (Å²) >= 11 is 1.37. The molecular formula is C14H22N4O2S. The van der Waals surface area contributed by atoms with Gasteiger partial charge in [0.05, 0.1) is 5.75 Å². The predicted molar refractivity (Wildman–Crippen MR) is 81.4 cm³/mol. The molecule has 1 amide bonds. The van der Waals surface area contributed by atoms with E-state index in [-0.39, 0.29) is 17.6 Å². The molecule has 1 aliphatic heterocycles. The Bertz CT molecular complexity index is 568. The molecule has 1 aromatic heterocycles. The molecule has 0 bridgehead atoms. The van der Waals surface area contributed by atoms with Crippen molar-refractivity contribution < 1.29 is 4.79 Å². The van der Waals surface area contributed by atoms with E-state index in [1.807, 2.05) is 4.90 Å². The second kappa shape index (κ2) is 5.87. The van der Waals surface area contributed by atoms with Gasteiger partial charge in [0.15, 0.2) is 5.16 Å². The summed E-state index contributed by atoms with van der Waals surface area (Å²) in [6.45, 7) is 6.09. The average molecular weight is 310 g/mol. The first-order chi connectivity index (χ1) is 10.0. The van der Waals surface area contributed by atoms with Gasteiger partial charge in [-0.25, -0.2) is 9.89 Å². The molecule has 1 aromatic rings. The maximum atomic E-state index is 12.3. The minimum Gasteiger partial charge on any atom is -0.341 e. The Balaban J connectivity index is 1.60. The number of likely N-dealkylation sites (tertiary alicyclic amines) is 1. The highest BCUT2D eigenvalue weighted by Gasteiger charge is 2.30. The van der Waals surface area contributed by atoms with E-state index in [4.69, 9.17) is 0 Å². The van der Waals surface area contributed by atoms with Gasteiger partial charge in [-0.2, -0.15) is 0 Å². The SMILES string of the molecule is C[C@H]1C[C@H](C)CN(C(=O)CSc2n[nH]c(=O)n2C2CC2)C1. The van der Waals surface area contributed by atoms with Gasteiger partial charge in [-0.3, -0.25) is 9.36 Å². The maximum Gasteiger partial charge on any atom is 0.344 e. The van der Waals surface area contributed by atoms with Gasteiger partial charge in [0.1, 0.15) is 0 Å². The minimum atomic E-state index is -0.160. The number of hydrogen-bond donors (Lipinski definition) is 1. The molecule has 1 aliphatic carbocycles. The molecule has 2 fully saturated rings. The van der Waals surface area contributed by atoms with Gasteiger partial charge < -0.3 is 4.90 Å². The Morgan fingerprint density at radius 1 is 1.33 bits per heavy atom. The molecule has 7 heteroatoms. The quantitative estimate of drug-likeness (QED) is 0.856. The monoisotopic (exact) mass is 310 g/mol. The van der Waals surface area contributed by atoms with E-state index >= 15 is 0 Å². The van der Waals surface area contributed by atoms with E-state index in [2.05, 4.69) is 24.0 Å². The predicted octanol–water partition coefficient (Wildman–Crippen LogP) is 1.50. The Morgan fingerprint density at radius 2 is 2.00 bits per heavy atom. The number of aromatic nitrogens is 3. The van der Waals surface area contributed by atoms with Gasteiger partial charge >= 0.3 is 5.69 Å². The Morgan fingerprint density at radius 3 is 2.62 bits per heavy atom. The van der Waals surface area contributed by atoms with Crippen molar-refractivity contribution in [2.24, 2.45) is 11.8 Å². The van der Waals surface area contributed by atoms with Crippen LogP contribution in [0.4, 0.5) is 0 Å². The van der Waals surface area contributed by atoms with E-state index in [0.717, 1.165) is 25.9 Å². The van der Waals surface area contributed by atoms with E-state index in [9.17, 15) is 9.59 Å². The van der Waals surface area contributed by atoms with Gasteiger partial charge in [-0.15, -0.1) is 5.10 Å². The van der Waals surface area contributed by atoms with Crippen LogP contribution < -0.4 is 5.69 Å². The first-order valence-corrected chi connectivity index (χ1v) is 8.60. The van der Waals surface area contributed by atoms with Gasteiger partial charge in [-0.1, -0.05) is 25.6 Å². The van der Waals surface area contributed by atoms with Crippen molar-refractivity contribution in [2.45, 2.75) is 44.3 Å². The smallest absolute Gasteiger partial charge is 0.341 e. The largest absolute Gasteiger partial charge is 0.344 e. The third kappa shape index (κ3) is 3.33. The van der Waals surface area contributed by atoms with Crippen LogP contribution in [0, 0.1) is 11.8 Å². The number of nitrogens with one attached hydrogen (secondary N) is 1. The summed E-state index contributed by atoms with van der Waals surface area (Å²) in [5, 5.41) is 7.18. The molecule has 0 unspecified atom stereocenters. The third-order valence-electron chi connectivity index (χ3n) is 4.13. The molecule has 116 valence electrons. The van der Waals surface area contributed by atoms with Crippen molar-refractivity contribution in [1.82, 2.24) is 19.7 Å². The van der Waals surface area contributed by atoms with E-state index < -0.39 is 0 Å². The number of piperidine rings is 1. The summed E-state index contributed by atoms with van der Waals surface area (Å²) < 4.78 is 1.69. The second-order valence-corrected chi connectivity index (χ2v) is 7.39. The zero-order valence-electron chi connectivity index (χ0n) is 12.5. The van der Waals surface area contributed by atoms with Gasteiger partial charge in [-0.05, 0) is 31.1 Å². The number of thioether (sulfide) groups is 1. The molecule has 2 heterocycles. The fourth-order valence-corrected chi connectivity index (χ4v) is 4.05. The van der Waals surface area contributed by atoms with Crippen LogP contribution in [0.2, 0.25) is 0 Å². The molecule has 1 N–H and O–H groups in total. The summed E-state index contributed by atoms with van der Waals surface area (Å²) in [6.07, 6.45) is 3.25. The Kier molecular flexibility index (Phi) is 4.10. The van der Waals surface area contributed by atoms with Crippen molar-refractivity contribution in [1.29, 1.82) is 0 Å². The first kappa shape index (κ1) is 14.7. The molecule has 0 aromatic carbocycles. The van der Waals surface area contributed by atoms with E-state index in [0.29, 0.717) is 22.7 Å². The lowest BCUT2D eigenvalue weighted by atomic mass is 9.92. The number of nitrogens with zero attached hydrogens (tertiary/aromatic N) is 3. The summed E-state index contributed by atoms with van der Waals surface area (Å²) in [7, 11) is 0. The fraction of sp³-hybridized carbons (Fsp3) is 0.786. The number of amides is 1. The van der Waals surface area contributed by atoms with Crippen molar-refractivity contribution in [3.63, 3.8) is 0 Å². The molecule has 1 saturated carbocycles.